The molecule has 1 aliphatic rings. The Morgan fingerprint density at radius 3 is 2.75 bits per heavy atom. The molecule has 2 unspecified atom stereocenters. The van der Waals surface area contributed by atoms with E-state index in [9.17, 15) is 0 Å². The van der Waals surface area contributed by atoms with Crippen LogP contribution in [0.25, 0.3) is 0 Å². The van der Waals surface area contributed by atoms with Crippen molar-refractivity contribution in [1.82, 2.24) is 5.32 Å². The van der Waals surface area contributed by atoms with Gasteiger partial charge in [-0.3, -0.25) is 0 Å². The monoisotopic (exact) mass is 161 g/mol. The molecular formula is C11H15N. The molecule has 1 aliphatic heterocycles. The lowest BCUT2D eigenvalue weighted by molar-refractivity contribution is 0.258. The molecule has 1 heterocycles. The molecule has 1 fully saturated rings. The van der Waals surface area contributed by atoms with Gasteiger partial charge in [0.05, 0.1) is 0 Å². The fourth-order valence-corrected chi connectivity index (χ4v) is 1.78. The predicted molar refractivity (Wildman–Crippen MR) is 51.1 cm³/mol. The highest BCUT2D eigenvalue weighted by atomic mass is 15.0. The molecule has 1 N–H and O–H groups in total. The van der Waals surface area contributed by atoms with Crippen molar-refractivity contribution < 1.29 is 0 Å². The highest BCUT2D eigenvalue weighted by molar-refractivity contribution is 5.26. The molecular weight excluding hydrogens is 146 g/mol. The largest absolute Gasteiger partial charge is 0.309 e. The molecule has 0 amide bonds. The van der Waals surface area contributed by atoms with Crippen LogP contribution in [-0.2, 0) is 0 Å². The lowest BCUT2D eigenvalue weighted by atomic mass is 9.87. The van der Waals surface area contributed by atoms with Gasteiger partial charge in [0.25, 0.3) is 0 Å². The van der Waals surface area contributed by atoms with E-state index in [1.807, 2.05) is 0 Å². The second-order valence-electron chi connectivity index (χ2n) is 3.78. The summed E-state index contributed by atoms with van der Waals surface area (Å²) in [6.45, 7) is 5.61. The van der Waals surface area contributed by atoms with Gasteiger partial charge in [-0.1, -0.05) is 36.8 Å². The first-order chi connectivity index (χ1) is 5.77. The summed E-state index contributed by atoms with van der Waals surface area (Å²) in [6.07, 6.45) is 0. The van der Waals surface area contributed by atoms with Gasteiger partial charge in [-0.15, -0.1) is 0 Å². The van der Waals surface area contributed by atoms with Gasteiger partial charge in [0, 0.05) is 12.6 Å². The van der Waals surface area contributed by atoms with E-state index in [-0.39, 0.29) is 0 Å². The van der Waals surface area contributed by atoms with Crippen LogP contribution in [0.1, 0.15) is 24.1 Å². The molecule has 0 bridgehead atoms. The van der Waals surface area contributed by atoms with Crippen LogP contribution in [0.3, 0.4) is 0 Å². The fraction of sp³-hybridized carbons (Fsp3) is 0.455. The van der Waals surface area contributed by atoms with Crippen molar-refractivity contribution in [2.24, 2.45) is 5.92 Å². The van der Waals surface area contributed by atoms with Gasteiger partial charge in [0.15, 0.2) is 0 Å². The van der Waals surface area contributed by atoms with Gasteiger partial charge in [-0.2, -0.15) is 0 Å². The molecule has 12 heavy (non-hydrogen) atoms. The topological polar surface area (TPSA) is 12.0 Å². The number of aryl methyl sites for hydroxylation is 1. The Morgan fingerprint density at radius 1 is 1.42 bits per heavy atom. The minimum Gasteiger partial charge on any atom is -0.309 e. The molecule has 64 valence electrons. The summed E-state index contributed by atoms with van der Waals surface area (Å²) in [5.74, 6) is 0.798. The van der Waals surface area contributed by atoms with Crippen LogP contribution in [0.15, 0.2) is 24.3 Å². The third-order valence-corrected chi connectivity index (χ3v) is 2.63. The minimum atomic E-state index is 0.602. The zero-order chi connectivity index (χ0) is 8.55. The van der Waals surface area contributed by atoms with Crippen LogP contribution in [-0.4, -0.2) is 6.54 Å². The molecule has 2 atom stereocenters. The van der Waals surface area contributed by atoms with Crippen molar-refractivity contribution in [2.75, 3.05) is 6.54 Å². The first-order valence-corrected chi connectivity index (χ1v) is 4.57. The Morgan fingerprint density at radius 2 is 2.25 bits per heavy atom. The predicted octanol–water partition coefficient (Wildman–Crippen LogP) is 2.28. The number of benzene rings is 1. The Bertz CT molecular complexity index is 280. The van der Waals surface area contributed by atoms with Gasteiger partial charge in [-0.05, 0) is 18.4 Å². The zero-order valence-electron chi connectivity index (χ0n) is 7.67. The maximum atomic E-state index is 3.44. The molecule has 1 saturated heterocycles. The Hall–Kier alpha value is -0.820. The summed E-state index contributed by atoms with van der Waals surface area (Å²) in [4.78, 5) is 0. The average molecular weight is 161 g/mol. The molecule has 0 radical (unpaired) electrons. The first-order valence-electron chi connectivity index (χ1n) is 4.57. The SMILES string of the molecule is Cc1cccc(C2NCC2C)c1. The molecule has 0 aliphatic carbocycles. The van der Waals surface area contributed by atoms with Crippen molar-refractivity contribution in [3.8, 4) is 0 Å². The Balaban J connectivity index is 2.22. The Kier molecular flexibility index (Phi) is 1.89. The van der Waals surface area contributed by atoms with Crippen LogP contribution in [0, 0.1) is 12.8 Å². The van der Waals surface area contributed by atoms with Crippen LogP contribution < -0.4 is 5.32 Å². The van der Waals surface area contributed by atoms with Gasteiger partial charge < -0.3 is 5.32 Å². The van der Waals surface area contributed by atoms with Crippen LogP contribution in [0.4, 0.5) is 0 Å². The van der Waals surface area contributed by atoms with Crippen molar-refractivity contribution >= 4 is 0 Å². The molecule has 1 heteroatoms. The van der Waals surface area contributed by atoms with Crippen LogP contribution in [0.2, 0.25) is 0 Å². The summed E-state index contributed by atoms with van der Waals surface area (Å²) >= 11 is 0. The van der Waals surface area contributed by atoms with E-state index < -0.39 is 0 Å². The Labute approximate surface area is 73.8 Å². The third-order valence-electron chi connectivity index (χ3n) is 2.63. The van der Waals surface area contributed by atoms with E-state index in [1.165, 1.54) is 17.7 Å². The summed E-state index contributed by atoms with van der Waals surface area (Å²) < 4.78 is 0. The maximum absolute atomic E-state index is 3.44. The highest BCUT2D eigenvalue weighted by Gasteiger charge is 2.26. The zero-order valence-corrected chi connectivity index (χ0v) is 7.67. The first kappa shape index (κ1) is 7.81. The van der Waals surface area contributed by atoms with E-state index in [2.05, 4.69) is 43.4 Å². The molecule has 1 aromatic rings. The smallest absolute Gasteiger partial charge is 0.0358 e. The van der Waals surface area contributed by atoms with E-state index in [0.29, 0.717) is 6.04 Å². The third kappa shape index (κ3) is 1.25. The van der Waals surface area contributed by atoms with E-state index >= 15 is 0 Å². The van der Waals surface area contributed by atoms with E-state index in [1.54, 1.807) is 0 Å². The van der Waals surface area contributed by atoms with Gasteiger partial charge in [0.2, 0.25) is 0 Å². The molecule has 0 saturated carbocycles. The van der Waals surface area contributed by atoms with Crippen LogP contribution >= 0.6 is 0 Å². The quantitative estimate of drug-likeness (QED) is 0.666. The number of rotatable bonds is 1. The highest BCUT2D eigenvalue weighted by Crippen LogP contribution is 2.28. The lowest BCUT2D eigenvalue weighted by Gasteiger charge is -2.36. The second kappa shape index (κ2) is 2.91. The van der Waals surface area contributed by atoms with Gasteiger partial charge in [-0.25, -0.2) is 0 Å². The normalized spacial score (nSPS) is 28.2. The lowest BCUT2D eigenvalue weighted by Crippen LogP contribution is -2.43. The standard InChI is InChI=1S/C11H15N/c1-8-4-3-5-10(6-8)11-9(2)7-12-11/h3-6,9,11-12H,7H2,1-2H3. The maximum Gasteiger partial charge on any atom is 0.0358 e. The van der Waals surface area contributed by atoms with Crippen molar-refractivity contribution in [3.05, 3.63) is 35.4 Å². The van der Waals surface area contributed by atoms with Crippen molar-refractivity contribution in [2.45, 2.75) is 19.9 Å². The average Bonchev–Trinajstić information content (AvgIpc) is 2.02. The van der Waals surface area contributed by atoms with E-state index in [0.717, 1.165) is 5.92 Å². The molecule has 0 spiro atoms. The van der Waals surface area contributed by atoms with Crippen LogP contribution in [0.5, 0.6) is 0 Å². The van der Waals surface area contributed by atoms with Gasteiger partial charge in [0.1, 0.15) is 0 Å². The molecule has 1 nitrogen and oxygen atoms in total. The van der Waals surface area contributed by atoms with Crippen molar-refractivity contribution in [1.29, 1.82) is 0 Å². The minimum absolute atomic E-state index is 0.602. The van der Waals surface area contributed by atoms with E-state index in [4.69, 9.17) is 0 Å². The summed E-state index contributed by atoms with van der Waals surface area (Å²) in [7, 11) is 0. The number of nitrogens with one attached hydrogen (secondary N) is 1. The fourth-order valence-electron chi connectivity index (χ4n) is 1.78. The van der Waals surface area contributed by atoms with Gasteiger partial charge >= 0.3 is 0 Å². The summed E-state index contributed by atoms with van der Waals surface area (Å²) in [6, 6.07) is 9.36. The molecule has 1 aromatic carbocycles. The summed E-state index contributed by atoms with van der Waals surface area (Å²) in [5, 5.41) is 3.44. The molecule has 0 aromatic heterocycles. The number of hydrogen-bond donors (Lipinski definition) is 1. The summed E-state index contributed by atoms with van der Waals surface area (Å²) in [5.41, 5.74) is 2.79. The number of hydrogen-bond acceptors (Lipinski definition) is 1. The second-order valence-corrected chi connectivity index (χ2v) is 3.78. The molecule has 2 rings (SSSR count). The van der Waals surface area contributed by atoms with Crippen molar-refractivity contribution in [3.63, 3.8) is 0 Å².